The van der Waals surface area contributed by atoms with E-state index in [1.807, 2.05) is 0 Å². The first-order chi connectivity index (χ1) is 26.9. The molecule has 1 fully saturated rings. The number of unbranched alkanes of at least 4 members (excludes halogenated alkanes) is 22. The van der Waals surface area contributed by atoms with Gasteiger partial charge in [-0.25, -0.2) is 4.57 Å². The molecular formula is C42H79O13P. The smallest absolute Gasteiger partial charge is 0.462 e. The Kier molecular flexibility index (Phi) is 31.4. The normalized spacial score (nSPS) is 22.9. The quantitative estimate of drug-likeness (QED) is 0.0154. The lowest BCUT2D eigenvalue weighted by Crippen LogP contribution is -2.64. The highest BCUT2D eigenvalue weighted by atomic mass is 31.2. The van der Waals surface area contributed by atoms with Crippen molar-refractivity contribution >= 4 is 19.8 Å². The molecule has 0 aliphatic heterocycles. The van der Waals surface area contributed by atoms with Gasteiger partial charge in [0, 0.05) is 12.8 Å². The Morgan fingerprint density at radius 2 is 0.911 bits per heavy atom. The van der Waals surface area contributed by atoms with Crippen LogP contribution in [0.2, 0.25) is 0 Å². The maximum absolute atomic E-state index is 12.8. The number of hydrogen-bond acceptors (Lipinski definition) is 12. The highest BCUT2D eigenvalue weighted by molar-refractivity contribution is 7.47. The zero-order valence-electron chi connectivity index (χ0n) is 34.7. The van der Waals surface area contributed by atoms with Gasteiger partial charge in [-0.1, -0.05) is 148 Å². The molecule has 1 rings (SSSR count). The van der Waals surface area contributed by atoms with Gasteiger partial charge < -0.3 is 39.9 Å². The largest absolute Gasteiger partial charge is 0.472 e. The van der Waals surface area contributed by atoms with E-state index in [9.17, 15) is 44.6 Å². The van der Waals surface area contributed by atoms with Crippen LogP contribution in [-0.4, -0.2) is 98.3 Å². The SMILES string of the molecule is CCCCCCC/C=C/CCCCCCCC(=O)O[C@H](COC(=O)CCCCCCCCCCCCCCC)COP(=O)(O)OC1C(O)C(O)C(O)[C@@H](O)C1O. The molecule has 0 aromatic carbocycles. The number of aliphatic hydroxyl groups is 5. The molecule has 0 bridgehead atoms. The predicted octanol–water partition coefficient (Wildman–Crippen LogP) is 7.89. The number of carbonyl (C=O) groups is 2. The fourth-order valence-corrected chi connectivity index (χ4v) is 7.73. The average molecular weight is 823 g/mol. The van der Waals surface area contributed by atoms with Crippen molar-refractivity contribution in [3.05, 3.63) is 12.2 Å². The Morgan fingerprint density at radius 3 is 1.36 bits per heavy atom. The molecule has 0 aromatic rings. The Balaban J connectivity index is 2.49. The Morgan fingerprint density at radius 1 is 0.536 bits per heavy atom. The molecule has 13 nitrogen and oxygen atoms in total. The van der Waals surface area contributed by atoms with Gasteiger partial charge in [0.2, 0.25) is 0 Å². The third-order valence-corrected chi connectivity index (χ3v) is 11.3. The van der Waals surface area contributed by atoms with E-state index in [0.717, 1.165) is 57.8 Å². The molecule has 14 heteroatoms. The Hall–Kier alpha value is -1.41. The van der Waals surface area contributed by atoms with E-state index >= 15 is 0 Å². The first kappa shape index (κ1) is 52.6. The average Bonchev–Trinajstić information content (AvgIpc) is 3.18. The second-order valence-corrected chi connectivity index (χ2v) is 17.0. The summed E-state index contributed by atoms with van der Waals surface area (Å²) in [4.78, 5) is 35.6. The predicted molar refractivity (Wildman–Crippen MR) is 217 cm³/mol. The molecule has 0 saturated heterocycles. The molecule has 0 aromatic heterocycles. The van der Waals surface area contributed by atoms with Crippen molar-refractivity contribution in [2.24, 2.45) is 0 Å². The number of phosphoric ester groups is 1. The minimum absolute atomic E-state index is 0.0905. The molecule has 1 aliphatic rings. The van der Waals surface area contributed by atoms with Crippen LogP contribution in [0.25, 0.3) is 0 Å². The van der Waals surface area contributed by atoms with Gasteiger partial charge in [-0.2, -0.15) is 0 Å². The van der Waals surface area contributed by atoms with E-state index < -0.39 is 75.7 Å². The van der Waals surface area contributed by atoms with Crippen LogP contribution in [0.3, 0.4) is 0 Å². The molecular weight excluding hydrogens is 743 g/mol. The second kappa shape index (κ2) is 33.4. The summed E-state index contributed by atoms with van der Waals surface area (Å²) >= 11 is 0. The minimum atomic E-state index is -5.11. The van der Waals surface area contributed by atoms with Crippen LogP contribution >= 0.6 is 7.82 Å². The van der Waals surface area contributed by atoms with Gasteiger partial charge in [-0.05, 0) is 38.5 Å². The van der Waals surface area contributed by atoms with Crippen LogP contribution in [0.15, 0.2) is 12.2 Å². The summed E-state index contributed by atoms with van der Waals surface area (Å²) in [5.74, 6) is -1.10. The molecule has 56 heavy (non-hydrogen) atoms. The third-order valence-electron chi connectivity index (χ3n) is 10.4. The fourth-order valence-electron chi connectivity index (χ4n) is 6.75. The van der Waals surface area contributed by atoms with E-state index in [1.54, 1.807) is 0 Å². The number of ether oxygens (including phenoxy) is 2. The van der Waals surface area contributed by atoms with E-state index in [0.29, 0.717) is 12.8 Å². The summed E-state index contributed by atoms with van der Waals surface area (Å²) in [7, 11) is -5.11. The zero-order chi connectivity index (χ0) is 41.4. The van der Waals surface area contributed by atoms with Gasteiger partial charge in [0.15, 0.2) is 6.10 Å². The highest BCUT2D eigenvalue weighted by Crippen LogP contribution is 2.47. The lowest BCUT2D eigenvalue weighted by molar-refractivity contribution is -0.220. The molecule has 6 unspecified atom stereocenters. The number of carbonyl (C=O) groups excluding carboxylic acids is 2. The fraction of sp³-hybridized carbons (Fsp3) is 0.905. The third kappa shape index (κ3) is 25.8. The molecule has 0 amide bonds. The van der Waals surface area contributed by atoms with E-state index in [2.05, 4.69) is 26.0 Å². The van der Waals surface area contributed by atoms with Crippen molar-refractivity contribution < 1.29 is 63.1 Å². The van der Waals surface area contributed by atoms with Crippen LogP contribution < -0.4 is 0 Å². The van der Waals surface area contributed by atoms with E-state index in [1.165, 1.54) is 89.9 Å². The summed E-state index contributed by atoms with van der Waals surface area (Å²) < 4.78 is 33.4. The topological polar surface area (TPSA) is 210 Å². The maximum Gasteiger partial charge on any atom is 0.472 e. The second-order valence-electron chi connectivity index (χ2n) is 15.6. The van der Waals surface area contributed by atoms with E-state index in [4.69, 9.17) is 18.5 Å². The summed E-state index contributed by atoms with van der Waals surface area (Å²) in [6.07, 6.45) is 19.8. The van der Waals surface area contributed by atoms with Crippen molar-refractivity contribution in [1.82, 2.24) is 0 Å². The van der Waals surface area contributed by atoms with Crippen LogP contribution in [-0.2, 0) is 32.7 Å². The number of hydrogen-bond donors (Lipinski definition) is 6. The highest BCUT2D eigenvalue weighted by Gasteiger charge is 2.51. The summed E-state index contributed by atoms with van der Waals surface area (Å²) in [5, 5.41) is 50.0. The Labute approximate surface area is 337 Å². The number of phosphoric acid groups is 1. The first-order valence-corrected chi connectivity index (χ1v) is 23.5. The molecule has 1 aliphatic carbocycles. The Bertz CT molecular complexity index is 1040. The summed E-state index contributed by atoms with van der Waals surface area (Å²) in [6, 6.07) is 0. The molecule has 1 saturated carbocycles. The zero-order valence-corrected chi connectivity index (χ0v) is 35.6. The van der Waals surface area contributed by atoms with Crippen molar-refractivity contribution in [2.75, 3.05) is 13.2 Å². The number of aliphatic hydroxyl groups excluding tert-OH is 5. The van der Waals surface area contributed by atoms with Crippen molar-refractivity contribution in [2.45, 2.75) is 230 Å². The van der Waals surface area contributed by atoms with Crippen molar-refractivity contribution in [1.29, 1.82) is 0 Å². The van der Waals surface area contributed by atoms with Crippen LogP contribution in [0, 0.1) is 0 Å². The van der Waals surface area contributed by atoms with Crippen LogP contribution in [0.4, 0.5) is 0 Å². The standard InChI is InChI=1S/C42H79O13P/c1-3-5-7-9-11-13-15-17-19-21-23-25-27-29-31-36(44)54-34(33-53-56(50,51)55-42-40(48)38(46)37(45)39(47)41(42)49)32-52-35(43)30-28-26-24-22-20-18-16-14-12-10-8-6-4-2/h15,17,34,37-42,45-49H,3-14,16,18-33H2,1-2H3,(H,50,51)/b17-15+/t34-,37?,38-,39?,40?,41?,42?/m1/s1. The number of esters is 2. The van der Waals surface area contributed by atoms with E-state index in [-0.39, 0.29) is 12.8 Å². The minimum Gasteiger partial charge on any atom is -0.462 e. The van der Waals surface area contributed by atoms with Crippen molar-refractivity contribution in [3.63, 3.8) is 0 Å². The molecule has 6 N–H and O–H groups in total. The molecule has 330 valence electrons. The maximum atomic E-state index is 12.8. The summed E-state index contributed by atoms with van der Waals surface area (Å²) in [5.41, 5.74) is 0. The molecule has 0 spiro atoms. The van der Waals surface area contributed by atoms with Gasteiger partial charge in [-0.3, -0.25) is 18.6 Å². The molecule has 8 atom stereocenters. The lowest BCUT2D eigenvalue weighted by atomic mass is 9.85. The van der Waals surface area contributed by atoms with Gasteiger partial charge in [0.25, 0.3) is 0 Å². The van der Waals surface area contributed by atoms with Crippen LogP contribution in [0.5, 0.6) is 0 Å². The van der Waals surface area contributed by atoms with Gasteiger partial charge >= 0.3 is 19.8 Å². The van der Waals surface area contributed by atoms with Gasteiger partial charge in [0.05, 0.1) is 6.61 Å². The monoisotopic (exact) mass is 823 g/mol. The first-order valence-electron chi connectivity index (χ1n) is 22.0. The van der Waals surface area contributed by atoms with Gasteiger partial charge in [0.1, 0.15) is 43.2 Å². The van der Waals surface area contributed by atoms with Crippen molar-refractivity contribution in [3.8, 4) is 0 Å². The number of rotatable bonds is 36. The molecule has 0 radical (unpaired) electrons. The number of allylic oxidation sites excluding steroid dienone is 2. The lowest BCUT2D eigenvalue weighted by Gasteiger charge is -2.41. The van der Waals surface area contributed by atoms with Crippen LogP contribution in [0.1, 0.15) is 187 Å². The molecule has 0 heterocycles. The summed E-state index contributed by atoms with van der Waals surface area (Å²) in [6.45, 7) is 3.28. The van der Waals surface area contributed by atoms with Gasteiger partial charge in [-0.15, -0.1) is 0 Å².